The fraction of sp³-hybridized carbons (Fsp3) is 0.111. The van der Waals surface area contributed by atoms with E-state index in [-0.39, 0.29) is 12.3 Å². The van der Waals surface area contributed by atoms with E-state index < -0.39 is 10.9 Å². The molecule has 3 rings (SSSR count). The van der Waals surface area contributed by atoms with Crippen LogP contribution < -0.4 is 4.74 Å². The third-order valence-corrected chi connectivity index (χ3v) is 4.92. The summed E-state index contributed by atoms with van der Waals surface area (Å²) in [7, 11) is 0. The van der Waals surface area contributed by atoms with Crippen molar-refractivity contribution in [3.05, 3.63) is 72.2 Å². The first-order chi connectivity index (χ1) is 12.8. The van der Waals surface area contributed by atoms with Crippen molar-refractivity contribution in [2.45, 2.75) is 13.5 Å². The van der Waals surface area contributed by atoms with Crippen LogP contribution in [0.5, 0.6) is 5.75 Å². The number of halogens is 2. The third-order valence-electron chi connectivity index (χ3n) is 3.74. The van der Waals surface area contributed by atoms with Gasteiger partial charge in [-0.05, 0) is 80.3 Å². The lowest BCUT2D eigenvalue weighted by Gasteiger charge is -2.11. The molecule has 0 fully saturated rings. The average Bonchev–Trinajstić information content (AvgIpc) is 2.93. The van der Waals surface area contributed by atoms with E-state index in [1.54, 1.807) is 25.1 Å². The molecule has 27 heavy (non-hydrogen) atoms. The number of non-ortho nitro benzene ring substituents is 1. The van der Waals surface area contributed by atoms with Gasteiger partial charge in [-0.1, -0.05) is 5.16 Å². The molecule has 0 unspecified atom stereocenters. The predicted molar refractivity (Wildman–Crippen MR) is 106 cm³/mol. The lowest BCUT2D eigenvalue weighted by atomic mass is 10.1. The highest BCUT2D eigenvalue weighted by Crippen LogP contribution is 2.36. The number of carbonyl (C=O) groups excluding carboxylic acids is 1. The summed E-state index contributed by atoms with van der Waals surface area (Å²) in [5.41, 5.74) is 2.51. The van der Waals surface area contributed by atoms with E-state index in [9.17, 15) is 14.9 Å². The molecular weight excluding hydrogens is 484 g/mol. The molecule has 0 saturated heterocycles. The van der Waals surface area contributed by atoms with E-state index in [1.165, 1.54) is 12.1 Å². The van der Waals surface area contributed by atoms with Crippen molar-refractivity contribution < 1.29 is 19.3 Å². The Labute approximate surface area is 171 Å². The minimum Gasteiger partial charge on any atom is -0.487 e. The number of nitro benzene ring substituents is 1. The molecule has 1 aliphatic heterocycles. The number of rotatable bonds is 5. The largest absolute Gasteiger partial charge is 0.487 e. The molecule has 0 aliphatic carbocycles. The molecule has 0 bridgehead atoms. The van der Waals surface area contributed by atoms with Gasteiger partial charge in [-0.25, -0.2) is 4.79 Å². The van der Waals surface area contributed by atoms with Crippen LogP contribution in [0.2, 0.25) is 0 Å². The topological polar surface area (TPSA) is 91.0 Å². The average molecular weight is 496 g/mol. The quantitative estimate of drug-likeness (QED) is 0.251. The molecular formula is C18H12Br2N2O5. The molecule has 1 heterocycles. The maximum atomic E-state index is 11.7. The monoisotopic (exact) mass is 494 g/mol. The van der Waals surface area contributed by atoms with Gasteiger partial charge in [-0.2, -0.15) is 0 Å². The standard InChI is InChI=1S/C18H12Br2N2O5/c1-10-14(18(23)27-21-10)6-12-7-15(19)17(16(20)8-12)26-9-11-2-4-13(5-3-11)22(24)25/h2-8H,9H2,1H3/b14-6-. The van der Waals surface area contributed by atoms with Gasteiger partial charge in [0.05, 0.1) is 25.2 Å². The molecule has 1 aliphatic rings. The zero-order valence-electron chi connectivity index (χ0n) is 13.9. The molecule has 0 N–H and O–H groups in total. The summed E-state index contributed by atoms with van der Waals surface area (Å²) in [6.45, 7) is 1.94. The Morgan fingerprint density at radius 1 is 1.22 bits per heavy atom. The summed E-state index contributed by atoms with van der Waals surface area (Å²) in [5, 5.41) is 14.3. The van der Waals surface area contributed by atoms with Gasteiger partial charge in [0.25, 0.3) is 5.69 Å². The number of nitrogens with zero attached hydrogens (tertiary/aromatic N) is 2. The molecule has 9 heteroatoms. The van der Waals surface area contributed by atoms with Gasteiger partial charge in [0.15, 0.2) is 0 Å². The summed E-state index contributed by atoms with van der Waals surface area (Å²) >= 11 is 6.92. The Balaban J connectivity index is 1.77. The van der Waals surface area contributed by atoms with E-state index in [0.29, 0.717) is 26.0 Å². The molecule has 0 saturated carbocycles. The number of carbonyl (C=O) groups is 1. The molecule has 0 amide bonds. The van der Waals surface area contributed by atoms with E-state index >= 15 is 0 Å². The fourth-order valence-corrected chi connectivity index (χ4v) is 3.81. The zero-order valence-corrected chi connectivity index (χ0v) is 17.1. The van der Waals surface area contributed by atoms with E-state index in [4.69, 9.17) is 4.74 Å². The summed E-state index contributed by atoms with van der Waals surface area (Å²) in [6, 6.07) is 9.77. The molecule has 0 aromatic heterocycles. The van der Waals surface area contributed by atoms with Gasteiger partial charge in [-0.15, -0.1) is 0 Å². The Bertz CT molecular complexity index is 961. The zero-order chi connectivity index (χ0) is 19.6. The highest BCUT2D eigenvalue weighted by Gasteiger charge is 2.22. The lowest BCUT2D eigenvalue weighted by molar-refractivity contribution is -0.384. The summed E-state index contributed by atoms with van der Waals surface area (Å²) < 4.78 is 7.19. The minimum atomic E-state index is -0.488. The normalized spacial score (nSPS) is 14.9. The van der Waals surface area contributed by atoms with Crippen molar-refractivity contribution in [1.29, 1.82) is 0 Å². The number of benzene rings is 2. The molecule has 138 valence electrons. The van der Waals surface area contributed by atoms with Crippen LogP contribution in [0.3, 0.4) is 0 Å². The second-order valence-electron chi connectivity index (χ2n) is 5.64. The highest BCUT2D eigenvalue weighted by atomic mass is 79.9. The summed E-state index contributed by atoms with van der Waals surface area (Å²) in [4.78, 5) is 26.5. The van der Waals surface area contributed by atoms with Gasteiger partial charge >= 0.3 is 5.97 Å². The first-order valence-corrected chi connectivity index (χ1v) is 9.27. The lowest BCUT2D eigenvalue weighted by Crippen LogP contribution is -2.02. The Kier molecular flexibility index (Phi) is 5.71. The van der Waals surface area contributed by atoms with Crippen LogP contribution in [-0.4, -0.2) is 16.6 Å². The first-order valence-electron chi connectivity index (χ1n) is 7.68. The molecule has 0 radical (unpaired) electrons. The second-order valence-corrected chi connectivity index (χ2v) is 7.35. The molecule has 0 spiro atoms. The maximum Gasteiger partial charge on any atom is 0.367 e. The molecule has 7 nitrogen and oxygen atoms in total. The van der Waals surface area contributed by atoms with Crippen LogP contribution in [0.25, 0.3) is 6.08 Å². The van der Waals surface area contributed by atoms with Crippen LogP contribution in [-0.2, 0) is 16.2 Å². The van der Waals surface area contributed by atoms with Gasteiger partial charge < -0.3 is 9.57 Å². The van der Waals surface area contributed by atoms with Crippen molar-refractivity contribution in [3.8, 4) is 5.75 Å². The number of hydrogen-bond acceptors (Lipinski definition) is 6. The van der Waals surface area contributed by atoms with Crippen LogP contribution >= 0.6 is 31.9 Å². The molecule has 2 aromatic rings. The van der Waals surface area contributed by atoms with E-state index in [1.807, 2.05) is 12.1 Å². The highest BCUT2D eigenvalue weighted by molar-refractivity contribution is 9.11. The third kappa shape index (κ3) is 4.42. The van der Waals surface area contributed by atoms with Crippen molar-refractivity contribution in [2.24, 2.45) is 5.16 Å². The first kappa shape index (κ1) is 19.2. The summed E-state index contributed by atoms with van der Waals surface area (Å²) in [6.07, 6.45) is 1.68. The van der Waals surface area contributed by atoms with Crippen LogP contribution in [0, 0.1) is 10.1 Å². The number of hydrogen-bond donors (Lipinski definition) is 0. The smallest absolute Gasteiger partial charge is 0.367 e. The Morgan fingerprint density at radius 3 is 2.37 bits per heavy atom. The summed E-state index contributed by atoms with van der Waals surface area (Å²) in [5.74, 6) is 0.0909. The van der Waals surface area contributed by atoms with Crippen molar-refractivity contribution in [2.75, 3.05) is 0 Å². The van der Waals surface area contributed by atoms with Crippen LogP contribution in [0.15, 0.2) is 56.1 Å². The van der Waals surface area contributed by atoms with E-state index in [2.05, 4.69) is 41.9 Å². The second kappa shape index (κ2) is 8.01. The molecule has 2 aromatic carbocycles. The van der Waals surface area contributed by atoms with Gasteiger partial charge in [-0.3, -0.25) is 10.1 Å². The molecule has 0 atom stereocenters. The SMILES string of the molecule is CC1=NOC(=O)/C1=C\c1cc(Br)c(OCc2ccc([N+](=O)[O-])cc2)c(Br)c1. The van der Waals surface area contributed by atoms with Gasteiger partial charge in [0, 0.05) is 12.1 Å². The van der Waals surface area contributed by atoms with Gasteiger partial charge in [0.1, 0.15) is 12.4 Å². The van der Waals surface area contributed by atoms with Crippen molar-refractivity contribution >= 4 is 55.3 Å². The Morgan fingerprint density at radius 2 is 1.85 bits per heavy atom. The predicted octanol–water partition coefficient (Wildman–Crippen LogP) is 5.01. The number of oxime groups is 1. The minimum absolute atomic E-state index is 0.0303. The van der Waals surface area contributed by atoms with Gasteiger partial charge in [0.2, 0.25) is 0 Å². The van der Waals surface area contributed by atoms with Crippen molar-refractivity contribution in [1.82, 2.24) is 0 Å². The van der Waals surface area contributed by atoms with Crippen LogP contribution in [0.1, 0.15) is 18.1 Å². The fourth-order valence-electron chi connectivity index (χ4n) is 2.36. The van der Waals surface area contributed by atoms with Crippen molar-refractivity contribution in [3.63, 3.8) is 0 Å². The van der Waals surface area contributed by atoms with E-state index in [0.717, 1.165) is 11.1 Å². The number of nitro groups is 1. The number of ether oxygens (including phenoxy) is 1. The Hall–Kier alpha value is -2.52. The maximum absolute atomic E-state index is 11.7. The van der Waals surface area contributed by atoms with Crippen LogP contribution in [0.4, 0.5) is 5.69 Å².